The molecule has 1 rings (SSSR count). The minimum Gasteiger partial charge on any atom is -0.465 e. The van der Waals surface area contributed by atoms with Gasteiger partial charge in [0.2, 0.25) is 0 Å². The van der Waals surface area contributed by atoms with Crippen LogP contribution in [0.25, 0.3) is 0 Å². The van der Waals surface area contributed by atoms with Gasteiger partial charge in [-0.05, 0) is 31.1 Å². The first-order chi connectivity index (χ1) is 6.85. The van der Waals surface area contributed by atoms with Crippen molar-refractivity contribution >= 4 is 12.3 Å². The summed E-state index contributed by atoms with van der Waals surface area (Å²) in [5, 5.41) is 0. The maximum absolute atomic E-state index is 11.6. The fraction of sp³-hybridized carbons (Fsp3) is 0.833. The highest BCUT2D eigenvalue weighted by Crippen LogP contribution is 2.56. The van der Waals surface area contributed by atoms with Gasteiger partial charge in [0.25, 0.3) is 0 Å². The summed E-state index contributed by atoms with van der Waals surface area (Å²) < 4.78 is 4.93. The average molecular weight is 212 g/mol. The normalized spacial score (nSPS) is 29.7. The van der Waals surface area contributed by atoms with Crippen molar-refractivity contribution in [1.82, 2.24) is 0 Å². The molecule has 1 aliphatic carbocycles. The average Bonchev–Trinajstić information content (AvgIpc) is 2.77. The highest BCUT2D eigenvalue weighted by Gasteiger charge is 2.61. The highest BCUT2D eigenvalue weighted by atomic mass is 16.5. The van der Waals surface area contributed by atoms with Crippen LogP contribution in [0.2, 0.25) is 0 Å². The third-order valence-corrected chi connectivity index (χ3v) is 2.88. The molecule has 0 radical (unpaired) electrons. The summed E-state index contributed by atoms with van der Waals surface area (Å²) >= 11 is 0. The molecular formula is C12H20O3. The molecule has 15 heavy (non-hydrogen) atoms. The van der Waals surface area contributed by atoms with Gasteiger partial charge >= 0.3 is 5.97 Å². The number of aldehydes is 1. The number of rotatable bonds is 4. The SMILES string of the molecule is CCOC(=O)[C@]1(C=O)C[C@H]1CC(C)(C)C. The predicted octanol–water partition coefficient (Wildman–Crippen LogP) is 2.19. The van der Waals surface area contributed by atoms with E-state index in [1.54, 1.807) is 6.92 Å². The van der Waals surface area contributed by atoms with Crippen LogP contribution in [-0.2, 0) is 14.3 Å². The van der Waals surface area contributed by atoms with Crippen molar-refractivity contribution < 1.29 is 14.3 Å². The first-order valence-electron chi connectivity index (χ1n) is 5.49. The molecule has 3 nitrogen and oxygen atoms in total. The van der Waals surface area contributed by atoms with Crippen molar-refractivity contribution in [2.75, 3.05) is 6.61 Å². The zero-order chi connectivity index (χ0) is 11.7. The molecule has 0 unspecified atom stereocenters. The maximum atomic E-state index is 11.6. The molecule has 0 aromatic heterocycles. The van der Waals surface area contributed by atoms with E-state index in [0.717, 1.165) is 12.7 Å². The van der Waals surface area contributed by atoms with E-state index in [-0.39, 0.29) is 17.3 Å². The van der Waals surface area contributed by atoms with Gasteiger partial charge in [-0.25, -0.2) is 0 Å². The van der Waals surface area contributed by atoms with Crippen molar-refractivity contribution in [3.8, 4) is 0 Å². The molecule has 1 saturated carbocycles. The van der Waals surface area contributed by atoms with E-state index in [0.29, 0.717) is 13.0 Å². The molecule has 2 atom stereocenters. The Morgan fingerprint density at radius 3 is 2.53 bits per heavy atom. The Balaban J connectivity index is 2.61. The minimum absolute atomic E-state index is 0.155. The number of carbonyl (C=O) groups is 2. The Kier molecular flexibility index (Phi) is 3.22. The summed E-state index contributed by atoms with van der Waals surface area (Å²) in [7, 11) is 0. The van der Waals surface area contributed by atoms with Crippen LogP contribution in [0.15, 0.2) is 0 Å². The van der Waals surface area contributed by atoms with E-state index in [1.165, 1.54) is 0 Å². The summed E-state index contributed by atoms with van der Waals surface area (Å²) in [5.74, 6) is -0.164. The van der Waals surface area contributed by atoms with E-state index in [1.807, 2.05) is 0 Å². The molecule has 0 amide bonds. The molecule has 0 aromatic carbocycles. The van der Waals surface area contributed by atoms with Crippen LogP contribution in [0.1, 0.15) is 40.5 Å². The van der Waals surface area contributed by atoms with E-state index in [9.17, 15) is 9.59 Å². The van der Waals surface area contributed by atoms with Crippen LogP contribution in [0, 0.1) is 16.7 Å². The second-order valence-corrected chi connectivity index (χ2v) is 5.54. The lowest BCUT2D eigenvalue weighted by molar-refractivity contribution is -0.151. The fourth-order valence-corrected chi connectivity index (χ4v) is 2.05. The van der Waals surface area contributed by atoms with E-state index in [4.69, 9.17) is 4.74 Å². The molecule has 0 aromatic rings. The summed E-state index contributed by atoms with van der Waals surface area (Å²) in [6.07, 6.45) is 2.33. The molecule has 1 fully saturated rings. The lowest BCUT2D eigenvalue weighted by Gasteiger charge is -2.19. The maximum Gasteiger partial charge on any atom is 0.319 e. The topological polar surface area (TPSA) is 43.4 Å². The first kappa shape index (κ1) is 12.2. The Labute approximate surface area is 91.2 Å². The summed E-state index contributed by atoms with van der Waals surface area (Å²) in [6, 6.07) is 0. The zero-order valence-corrected chi connectivity index (χ0v) is 10.0. The van der Waals surface area contributed by atoms with Gasteiger partial charge in [0, 0.05) is 0 Å². The molecule has 0 spiro atoms. The lowest BCUT2D eigenvalue weighted by Crippen LogP contribution is -2.24. The monoisotopic (exact) mass is 212 g/mol. The van der Waals surface area contributed by atoms with Gasteiger partial charge in [-0.3, -0.25) is 4.79 Å². The third-order valence-electron chi connectivity index (χ3n) is 2.88. The van der Waals surface area contributed by atoms with Gasteiger partial charge in [0.1, 0.15) is 11.7 Å². The Morgan fingerprint density at radius 2 is 2.13 bits per heavy atom. The minimum atomic E-state index is -0.816. The molecule has 3 heteroatoms. The van der Waals surface area contributed by atoms with E-state index >= 15 is 0 Å². The van der Waals surface area contributed by atoms with Crippen molar-refractivity contribution in [3.05, 3.63) is 0 Å². The van der Waals surface area contributed by atoms with E-state index < -0.39 is 5.41 Å². The number of hydrogen-bond donors (Lipinski definition) is 0. The van der Waals surface area contributed by atoms with Crippen LogP contribution in [0.5, 0.6) is 0 Å². The van der Waals surface area contributed by atoms with Crippen molar-refractivity contribution in [2.45, 2.75) is 40.5 Å². The van der Waals surface area contributed by atoms with Crippen LogP contribution in [-0.4, -0.2) is 18.9 Å². The summed E-state index contributed by atoms with van der Waals surface area (Å²) in [5.41, 5.74) is -0.661. The van der Waals surface area contributed by atoms with Gasteiger partial charge in [0.15, 0.2) is 0 Å². The molecule has 1 aliphatic rings. The van der Waals surface area contributed by atoms with Crippen LogP contribution in [0.3, 0.4) is 0 Å². The number of esters is 1. The van der Waals surface area contributed by atoms with E-state index in [2.05, 4.69) is 20.8 Å². The smallest absolute Gasteiger partial charge is 0.319 e. The van der Waals surface area contributed by atoms with Crippen LogP contribution < -0.4 is 0 Å². The van der Waals surface area contributed by atoms with Crippen LogP contribution in [0.4, 0.5) is 0 Å². The number of ether oxygens (including phenoxy) is 1. The van der Waals surface area contributed by atoms with Crippen LogP contribution >= 0.6 is 0 Å². The quantitative estimate of drug-likeness (QED) is 0.407. The third kappa shape index (κ3) is 2.58. The fourth-order valence-electron chi connectivity index (χ4n) is 2.05. The molecule has 0 heterocycles. The summed E-state index contributed by atoms with van der Waals surface area (Å²) in [6.45, 7) is 8.46. The first-order valence-corrected chi connectivity index (χ1v) is 5.49. The second-order valence-electron chi connectivity index (χ2n) is 5.54. The van der Waals surface area contributed by atoms with Crippen molar-refractivity contribution in [1.29, 1.82) is 0 Å². The Hall–Kier alpha value is -0.860. The standard InChI is InChI=1S/C12H20O3/c1-5-15-10(14)12(8-13)7-9(12)6-11(2,3)4/h8-9H,5-7H2,1-4H3/t9-,12+/m1/s1. The molecular weight excluding hydrogens is 192 g/mol. The molecule has 0 saturated heterocycles. The molecule has 86 valence electrons. The number of hydrogen-bond acceptors (Lipinski definition) is 3. The van der Waals surface area contributed by atoms with Gasteiger partial charge < -0.3 is 9.53 Å². The van der Waals surface area contributed by atoms with Gasteiger partial charge in [0.05, 0.1) is 6.61 Å². The van der Waals surface area contributed by atoms with Gasteiger partial charge in [-0.1, -0.05) is 20.8 Å². The van der Waals surface area contributed by atoms with Gasteiger partial charge in [-0.2, -0.15) is 0 Å². The summed E-state index contributed by atoms with van der Waals surface area (Å²) in [4.78, 5) is 22.6. The molecule has 0 N–H and O–H groups in total. The second kappa shape index (κ2) is 3.95. The molecule has 0 aliphatic heterocycles. The van der Waals surface area contributed by atoms with Gasteiger partial charge in [-0.15, -0.1) is 0 Å². The van der Waals surface area contributed by atoms with Crippen molar-refractivity contribution in [3.63, 3.8) is 0 Å². The largest absolute Gasteiger partial charge is 0.465 e. The number of carbonyl (C=O) groups excluding carboxylic acids is 2. The Bertz CT molecular complexity index is 265. The predicted molar refractivity (Wildman–Crippen MR) is 57.3 cm³/mol. The zero-order valence-electron chi connectivity index (χ0n) is 10.0. The highest BCUT2D eigenvalue weighted by molar-refractivity contribution is 5.97. The Morgan fingerprint density at radius 1 is 1.53 bits per heavy atom. The lowest BCUT2D eigenvalue weighted by atomic mass is 9.87. The van der Waals surface area contributed by atoms with Crippen molar-refractivity contribution in [2.24, 2.45) is 16.7 Å². The molecule has 0 bridgehead atoms.